The highest BCUT2D eigenvalue weighted by Gasteiger charge is 1.96. The van der Waals surface area contributed by atoms with Gasteiger partial charge in [0, 0.05) is 17.0 Å². The molecule has 0 saturated carbocycles. The number of anilines is 1. The molecule has 0 aliphatic heterocycles. The summed E-state index contributed by atoms with van der Waals surface area (Å²) in [4.78, 5) is 0. The van der Waals surface area contributed by atoms with E-state index < -0.39 is 11.3 Å². The van der Waals surface area contributed by atoms with Crippen LogP contribution in [-0.2, 0) is 11.3 Å². The van der Waals surface area contributed by atoms with Gasteiger partial charge in [0.1, 0.15) is 0 Å². The van der Waals surface area contributed by atoms with Crippen molar-refractivity contribution in [2.45, 2.75) is 0 Å². The van der Waals surface area contributed by atoms with Gasteiger partial charge >= 0.3 is 0 Å². The molecule has 0 aromatic heterocycles. The maximum atomic E-state index is 10.4. The van der Waals surface area contributed by atoms with E-state index in [4.69, 9.17) is 0 Å². The van der Waals surface area contributed by atoms with Gasteiger partial charge in [0.15, 0.2) is 0 Å². The molecule has 0 fully saturated rings. The van der Waals surface area contributed by atoms with E-state index in [-0.39, 0.29) is 0 Å². The molecule has 0 heterocycles. The SMILES string of the molecule is O=S([O-])Nc1ccc(-c2ccccc2)cc1. The predicted octanol–water partition coefficient (Wildman–Crippen LogP) is 2.56. The lowest BCUT2D eigenvalue weighted by atomic mass is 10.1. The van der Waals surface area contributed by atoms with Crippen LogP contribution in [0.5, 0.6) is 0 Å². The molecule has 4 heteroatoms. The lowest BCUT2D eigenvalue weighted by molar-refractivity contribution is 0.542. The van der Waals surface area contributed by atoms with E-state index in [0.717, 1.165) is 11.1 Å². The van der Waals surface area contributed by atoms with Gasteiger partial charge in [-0.05, 0) is 23.3 Å². The Morgan fingerprint density at radius 1 is 0.875 bits per heavy atom. The molecular weight excluding hydrogens is 222 g/mol. The van der Waals surface area contributed by atoms with Crippen LogP contribution >= 0.6 is 0 Å². The molecule has 0 saturated heterocycles. The van der Waals surface area contributed by atoms with Crippen LogP contribution < -0.4 is 4.72 Å². The zero-order chi connectivity index (χ0) is 11.4. The average Bonchev–Trinajstić information content (AvgIpc) is 2.30. The normalized spacial score (nSPS) is 12.1. The summed E-state index contributed by atoms with van der Waals surface area (Å²) in [5.74, 6) is 0. The molecular formula is C12H10NO2S-. The fourth-order valence-electron chi connectivity index (χ4n) is 1.46. The van der Waals surface area contributed by atoms with Gasteiger partial charge in [-0.15, -0.1) is 0 Å². The molecule has 1 unspecified atom stereocenters. The third-order valence-electron chi connectivity index (χ3n) is 2.19. The Balaban J connectivity index is 2.23. The molecule has 0 aliphatic rings. The average molecular weight is 232 g/mol. The molecule has 82 valence electrons. The Bertz CT molecular complexity index is 482. The largest absolute Gasteiger partial charge is 0.755 e. The minimum Gasteiger partial charge on any atom is -0.755 e. The summed E-state index contributed by atoms with van der Waals surface area (Å²) in [5.41, 5.74) is 2.73. The summed E-state index contributed by atoms with van der Waals surface area (Å²) in [6, 6.07) is 17.1. The highest BCUT2D eigenvalue weighted by atomic mass is 32.2. The minimum atomic E-state index is -2.27. The second kappa shape index (κ2) is 4.92. The first kappa shape index (κ1) is 10.9. The van der Waals surface area contributed by atoms with Crippen LogP contribution in [0.1, 0.15) is 0 Å². The fraction of sp³-hybridized carbons (Fsp3) is 0. The monoisotopic (exact) mass is 232 g/mol. The highest BCUT2D eigenvalue weighted by molar-refractivity contribution is 7.80. The van der Waals surface area contributed by atoms with Crippen molar-refractivity contribution >= 4 is 17.0 Å². The van der Waals surface area contributed by atoms with E-state index in [1.165, 1.54) is 0 Å². The summed E-state index contributed by atoms with van der Waals surface area (Å²) in [5, 5.41) is 0. The third kappa shape index (κ3) is 2.68. The smallest absolute Gasteiger partial charge is 0.0452 e. The predicted molar refractivity (Wildman–Crippen MR) is 64.4 cm³/mol. The molecule has 0 radical (unpaired) electrons. The summed E-state index contributed by atoms with van der Waals surface area (Å²) >= 11 is -2.27. The van der Waals surface area contributed by atoms with Crippen LogP contribution in [0.25, 0.3) is 11.1 Å². The van der Waals surface area contributed by atoms with Gasteiger partial charge in [0.05, 0.1) is 0 Å². The first-order valence-electron chi connectivity index (χ1n) is 4.77. The van der Waals surface area contributed by atoms with Crippen molar-refractivity contribution in [3.8, 4) is 11.1 Å². The molecule has 0 bridgehead atoms. The number of rotatable bonds is 3. The van der Waals surface area contributed by atoms with Gasteiger partial charge in [-0.1, -0.05) is 42.5 Å². The molecule has 2 aromatic carbocycles. The summed E-state index contributed by atoms with van der Waals surface area (Å²) in [6.07, 6.45) is 0. The summed E-state index contributed by atoms with van der Waals surface area (Å²) in [6.45, 7) is 0. The molecule has 1 N–H and O–H groups in total. The topological polar surface area (TPSA) is 52.2 Å². The lowest BCUT2D eigenvalue weighted by Gasteiger charge is -2.09. The van der Waals surface area contributed by atoms with E-state index in [0.29, 0.717) is 5.69 Å². The molecule has 2 aromatic rings. The zero-order valence-electron chi connectivity index (χ0n) is 8.42. The van der Waals surface area contributed by atoms with Crippen molar-refractivity contribution in [3.05, 3.63) is 54.6 Å². The quantitative estimate of drug-likeness (QED) is 0.827. The molecule has 0 aliphatic carbocycles. The summed E-state index contributed by atoms with van der Waals surface area (Å²) < 4.78 is 23.1. The Morgan fingerprint density at radius 3 is 2.00 bits per heavy atom. The second-order valence-corrected chi connectivity index (χ2v) is 3.95. The minimum absolute atomic E-state index is 0.563. The number of nitrogens with one attached hydrogen (secondary N) is 1. The number of hydrogen-bond donors (Lipinski definition) is 1. The molecule has 2 rings (SSSR count). The number of benzene rings is 2. The van der Waals surface area contributed by atoms with Crippen molar-refractivity contribution < 1.29 is 8.76 Å². The van der Waals surface area contributed by atoms with Crippen molar-refractivity contribution in [1.82, 2.24) is 0 Å². The van der Waals surface area contributed by atoms with Crippen LogP contribution in [-0.4, -0.2) is 8.76 Å². The molecule has 0 spiro atoms. The Kier molecular flexibility index (Phi) is 3.34. The second-order valence-electron chi connectivity index (χ2n) is 3.28. The van der Waals surface area contributed by atoms with E-state index in [2.05, 4.69) is 4.72 Å². The maximum Gasteiger partial charge on any atom is 0.0452 e. The van der Waals surface area contributed by atoms with E-state index in [1.807, 2.05) is 42.5 Å². The van der Waals surface area contributed by atoms with Crippen LogP contribution in [0.15, 0.2) is 54.6 Å². The lowest BCUT2D eigenvalue weighted by Crippen LogP contribution is -2.01. The van der Waals surface area contributed by atoms with Crippen molar-refractivity contribution in [1.29, 1.82) is 0 Å². The Labute approximate surface area is 96.6 Å². The van der Waals surface area contributed by atoms with Crippen LogP contribution in [0.3, 0.4) is 0 Å². The fourth-order valence-corrected chi connectivity index (χ4v) is 1.79. The van der Waals surface area contributed by atoms with Gasteiger partial charge in [-0.25, -0.2) is 0 Å². The van der Waals surface area contributed by atoms with Gasteiger partial charge in [0.2, 0.25) is 0 Å². The van der Waals surface area contributed by atoms with Crippen molar-refractivity contribution in [2.75, 3.05) is 4.72 Å². The molecule has 0 amide bonds. The number of hydrogen-bond acceptors (Lipinski definition) is 2. The first-order valence-corrected chi connectivity index (χ1v) is 5.84. The van der Waals surface area contributed by atoms with Crippen LogP contribution in [0, 0.1) is 0 Å². The van der Waals surface area contributed by atoms with E-state index >= 15 is 0 Å². The maximum absolute atomic E-state index is 10.4. The molecule has 3 nitrogen and oxygen atoms in total. The highest BCUT2D eigenvalue weighted by Crippen LogP contribution is 2.20. The Morgan fingerprint density at radius 2 is 1.44 bits per heavy atom. The standard InChI is InChI=1S/C12H11NO2S/c14-16(15)13-12-8-6-11(7-9-12)10-4-2-1-3-5-10/h1-9,13H,(H,14,15)/p-1. The van der Waals surface area contributed by atoms with Crippen molar-refractivity contribution in [3.63, 3.8) is 0 Å². The summed E-state index contributed by atoms with van der Waals surface area (Å²) in [7, 11) is 0. The van der Waals surface area contributed by atoms with Crippen LogP contribution in [0.4, 0.5) is 5.69 Å². The van der Waals surface area contributed by atoms with Gasteiger partial charge < -0.3 is 9.27 Å². The van der Waals surface area contributed by atoms with E-state index in [1.54, 1.807) is 12.1 Å². The van der Waals surface area contributed by atoms with Crippen LogP contribution in [0.2, 0.25) is 0 Å². The first-order chi connectivity index (χ1) is 7.75. The molecule has 1 atom stereocenters. The van der Waals surface area contributed by atoms with Gasteiger partial charge in [-0.2, -0.15) is 0 Å². The third-order valence-corrected chi connectivity index (χ3v) is 2.60. The Hall–Kier alpha value is -1.65. The van der Waals surface area contributed by atoms with E-state index in [9.17, 15) is 8.76 Å². The zero-order valence-corrected chi connectivity index (χ0v) is 9.24. The van der Waals surface area contributed by atoms with Crippen molar-refractivity contribution in [2.24, 2.45) is 0 Å². The van der Waals surface area contributed by atoms with Gasteiger partial charge in [-0.3, -0.25) is 4.21 Å². The van der Waals surface area contributed by atoms with Gasteiger partial charge in [0.25, 0.3) is 0 Å². The molecule has 16 heavy (non-hydrogen) atoms.